The standard InChI is InChI=1S/C18H25NO4/c1-19(11-10-14-6-3-2-4-7-14)18(22)15-8-5-9-16(12-15)23-13-17(20)21/h5,8-9,12,14H,2-4,6-7,10-11,13H2,1H3,(H,20,21). The van der Waals surface area contributed by atoms with E-state index in [1.165, 1.54) is 32.1 Å². The zero-order valence-corrected chi connectivity index (χ0v) is 13.7. The van der Waals surface area contributed by atoms with Gasteiger partial charge in [-0.1, -0.05) is 38.2 Å². The van der Waals surface area contributed by atoms with Crippen molar-refractivity contribution in [1.82, 2.24) is 4.90 Å². The minimum atomic E-state index is -1.04. The van der Waals surface area contributed by atoms with Crippen LogP contribution in [0.3, 0.4) is 0 Å². The minimum absolute atomic E-state index is 0.0541. The molecule has 1 aromatic carbocycles. The van der Waals surface area contributed by atoms with E-state index in [2.05, 4.69) is 0 Å². The lowest BCUT2D eigenvalue weighted by Gasteiger charge is -2.24. The molecular formula is C18H25NO4. The fourth-order valence-corrected chi connectivity index (χ4v) is 3.04. The third kappa shape index (κ3) is 5.58. The molecule has 0 heterocycles. The second-order valence-corrected chi connectivity index (χ2v) is 6.23. The molecule has 1 N–H and O–H groups in total. The minimum Gasteiger partial charge on any atom is -0.482 e. The summed E-state index contributed by atoms with van der Waals surface area (Å²) in [5.41, 5.74) is 0.527. The highest BCUT2D eigenvalue weighted by Crippen LogP contribution is 2.26. The summed E-state index contributed by atoms with van der Waals surface area (Å²) in [6, 6.07) is 6.69. The van der Waals surface area contributed by atoms with Gasteiger partial charge >= 0.3 is 5.97 Å². The molecule has 0 spiro atoms. The Morgan fingerprint density at radius 3 is 2.70 bits per heavy atom. The Kier molecular flexibility index (Phi) is 6.44. The lowest BCUT2D eigenvalue weighted by atomic mass is 9.87. The number of aliphatic carboxylic acids is 1. The van der Waals surface area contributed by atoms with Crippen LogP contribution in [0.4, 0.5) is 0 Å². The average molecular weight is 319 g/mol. The third-order valence-electron chi connectivity index (χ3n) is 4.39. The van der Waals surface area contributed by atoms with Crippen LogP contribution in [0.2, 0.25) is 0 Å². The molecule has 1 aliphatic rings. The molecule has 2 rings (SSSR count). The van der Waals surface area contributed by atoms with Gasteiger partial charge in [0.2, 0.25) is 0 Å². The molecule has 1 fully saturated rings. The maximum Gasteiger partial charge on any atom is 0.341 e. The molecule has 0 saturated heterocycles. The molecule has 1 aromatic rings. The van der Waals surface area contributed by atoms with Crippen molar-refractivity contribution in [3.63, 3.8) is 0 Å². The first-order valence-corrected chi connectivity index (χ1v) is 8.26. The van der Waals surface area contributed by atoms with E-state index in [1.807, 2.05) is 7.05 Å². The van der Waals surface area contributed by atoms with Crippen molar-refractivity contribution in [2.75, 3.05) is 20.2 Å². The van der Waals surface area contributed by atoms with Crippen LogP contribution in [0.15, 0.2) is 24.3 Å². The molecule has 5 heteroatoms. The van der Waals surface area contributed by atoms with Crippen molar-refractivity contribution in [1.29, 1.82) is 0 Å². The number of benzene rings is 1. The maximum absolute atomic E-state index is 12.5. The van der Waals surface area contributed by atoms with Crippen molar-refractivity contribution >= 4 is 11.9 Å². The SMILES string of the molecule is CN(CCC1CCCCC1)C(=O)c1cccc(OCC(=O)O)c1. The quantitative estimate of drug-likeness (QED) is 0.838. The second kappa shape index (κ2) is 8.56. The number of nitrogens with zero attached hydrogens (tertiary/aromatic N) is 1. The summed E-state index contributed by atoms with van der Waals surface area (Å²) < 4.78 is 5.12. The molecule has 0 bridgehead atoms. The van der Waals surface area contributed by atoms with Crippen LogP contribution < -0.4 is 4.74 Å². The highest BCUT2D eigenvalue weighted by atomic mass is 16.5. The fourth-order valence-electron chi connectivity index (χ4n) is 3.04. The monoisotopic (exact) mass is 319 g/mol. The molecule has 1 aliphatic carbocycles. The zero-order chi connectivity index (χ0) is 16.7. The largest absolute Gasteiger partial charge is 0.482 e. The van der Waals surface area contributed by atoms with Crippen molar-refractivity contribution in [3.05, 3.63) is 29.8 Å². The number of carboxylic acid groups (broad SMARTS) is 1. The van der Waals surface area contributed by atoms with Gasteiger partial charge in [0.25, 0.3) is 5.91 Å². The second-order valence-electron chi connectivity index (χ2n) is 6.23. The summed E-state index contributed by atoms with van der Waals surface area (Å²) in [5, 5.41) is 8.64. The highest BCUT2D eigenvalue weighted by molar-refractivity contribution is 5.94. The third-order valence-corrected chi connectivity index (χ3v) is 4.39. The predicted octanol–water partition coefficient (Wildman–Crippen LogP) is 3.19. The van der Waals surface area contributed by atoms with E-state index in [4.69, 9.17) is 9.84 Å². The maximum atomic E-state index is 12.5. The van der Waals surface area contributed by atoms with Gasteiger partial charge in [0, 0.05) is 19.2 Å². The molecular weight excluding hydrogens is 294 g/mol. The molecule has 0 unspecified atom stereocenters. The number of ether oxygens (including phenoxy) is 1. The molecule has 23 heavy (non-hydrogen) atoms. The van der Waals surface area contributed by atoms with E-state index in [0.717, 1.165) is 18.9 Å². The van der Waals surface area contributed by atoms with Crippen molar-refractivity contribution in [3.8, 4) is 5.75 Å². The molecule has 126 valence electrons. The highest BCUT2D eigenvalue weighted by Gasteiger charge is 2.17. The first-order chi connectivity index (χ1) is 11.1. The van der Waals surface area contributed by atoms with Crippen molar-refractivity contribution < 1.29 is 19.4 Å². The lowest BCUT2D eigenvalue weighted by molar-refractivity contribution is -0.139. The smallest absolute Gasteiger partial charge is 0.341 e. The Morgan fingerprint density at radius 1 is 1.26 bits per heavy atom. The Balaban J connectivity index is 1.87. The first-order valence-electron chi connectivity index (χ1n) is 8.26. The number of rotatable bonds is 7. The van der Waals surface area contributed by atoms with Gasteiger partial charge in [0.05, 0.1) is 0 Å². The van der Waals surface area contributed by atoms with Gasteiger partial charge in [-0.15, -0.1) is 0 Å². The number of carbonyl (C=O) groups is 2. The Bertz CT molecular complexity index is 538. The van der Waals surface area contributed by atoms with E-state index >= 15 is 0 Å². The van der Waals surface area contributed by atoms with Gasteiger partial charge < -0.3 is 14.7 Å². The van der Waals surface area contributed by atoms with Crippen LogP contribution in [-0.4, -0.2) is 42.1 Å². The summed E-state index contributed by atoms with van der Waals surface area (Å²) in [6.07, 6.45) is 7.57. The molecule has 0 aromatic heterocycles. The lowest BCUT2D eigenvalue weighted by Crippen LogP contribution is -2.29. The van der Waals surface area contributed by atoms with Gasteiger partial charge in [-0.25, -0.2) is 4.79 Å². The molecule has 0 aliphatic heterocycles. The van der Waals surface area contributed by atoms with Crippen molar-refractivity contribution in [2.24, 2.45) is 5.92 Å². The van der Waals surface area contributed by atoms with Crippen LogP contribution in [0.1, 0.15) is 48.9 Å². The summed E-state index contributed by atoms with van der Waals surface area (Å²) in [4.78, 5) is 24.7. The van der Waals surface area contributed by atoms with Gasteiger partial charge in [-0.2, -0.15) is 0 Å². The summed E-state index contributed by atoms with van der Waals surface area (Å²) in [7, 11) is 1.82. The number of carbonyl (C=O) groups excluding carboxylic acids is 1. The Labute approximate surface area is 137 Å². The van der Waals surface area contributed by atoms with E-state index in [-0.39, 0.29) is 5.91 Å². The molecule has 1 saturated carbocycles. The predicted molar refractivity (Wildman–Crippen MR) is 87.7 cm³/mol. The van der Waals surface area contributed by atoms with E-state index < -0.39 is 12.6 Å². The summed E-state index contributed by atoms with van der Waals surface area (Å²) in [5.74, 6) is 0.0519. The Hall–Kier alpha value is -2.04. The number of carboxylic acids is 1. The molecule has 1 amide bonds. The Morgan fingerprint density at radius 2 is 2.00 bits per heavy atom. The molecule has 0 radical (unpaired) electrons. The number of hydrogen-bond acceptors (Lipinski definition) is 3. The van der Waals surface area contributed by atoms with Gasteiger partial charge in [-0.05, 0) is 30.5 Å². The molecule has 5 nitrogen and oxygen atoms in total. The fraction of sp³-hybridized carbons (Fsp3) is 0.556. The average Bonchev–Trinajstić information content (AvgIpc) is 2.58. The normalized spacial score (nSPS) is 15.2. The van der Waals surface area contributed by atoms with Gasteiger partial charge in [0.15, 0.2) is 6.61 Å². The number of hydrogen-bond donors (Lipinski definition) is 1. The zero-order valence-electron chi connectivity index (χ0n) is 13.7. The van der Waals surface area contributed by atoms with Crippen LogP contribution in [0.5, 0.6) is 5.75 Å². The van der Waals surface area contributed by atoms with E-state index in [0.29, 0.717) is 11.3 Å². The van der Waals surface area contributed by atoms with Gasteiger partial charge in [0.1, 0.15) is 5.75 Å². The summed E-state index contributed by atoms with van der Waals surface area (Å²) >= 11 is 0. The number of amides is 1. The topological polar surface area (TPSA) is 66.8 Å². The van der Waals surface area contributed by atoms with Crippen LogP contribution in [-0.2, 0) is 4.79 Å². The van der Waals surface area contributed by atoms with Crippen molar-refractivity contribution in [2.45, 2.75) is 38.5 Å². The molecule has 0 atom stereocenters. The van der Waals surface area contributed by atoms with Crippen LogP contribution in [0.25, 0.3) is 0 Å². The van der Waals surface area contributed by atoms with E-state index in [9.17, 15) is 9.59 Å². The first kappa shape index (κ1) is 17.3. The van der Waals surface area contributed by atoms with Gasteiger partial charge in [-0.3, -0.25) is 4.79 Å². The summed E-state index contributed by atoms with van der Waals surface area (Å²) in [6.45, 7) is 0.346. The van der Waals surface area contributed by atoms with Crippen LogP contribution in [0, 0.1) is 5.92 Å². The van der Waals surface area contributed by atoms with E-state index in [1.54, 1.807) is 29.2 Å². The van der Waals surface area contributed by atoms with Crippen LogP contribution >= 0.6 is 0 Å².